The summed E-state index contributed by atoms with van der Waals surface area (Å²) in [6.45, 7) is 0.223. The Morgan fingerprint density at radius 3 is 2.56 bits per heavy atom. The van der Waals surface area contributed by atoms with E-state index in [4.69, 9.17) is 0 Å². The fourth-order valence-corrected chi connectivity index (χ4v) is 1.30. The minimum absolute atomic E-state index is 0.223. The largest absolute Gasteiger partial charge is 0.456 e. The van der Waals surface area contributed by atoms with E-state index in [2.05, 4.69) is 15.3 Å². The Labute approximate surface area is 99.3 Å². The predicted octanol–water partition coefficient (Wildman–Crippen LogP) is 1.47. The second kappa shape index (κ2) is 4.55. The molecule has 2 aromatic rings. The summed E-state index contributed by atoms with van der Waals surface area (Å²) in [5, 5.41) is 6.68. The molecule has 0 fully saturated rings. The van der Waals surface area contributed by atoms with Gasteiger partial charge >= 0.3 is 6.18 Å². The molecule has 2 aromatic heterocycles. The van der Waals surface area contributed by atoms with Gasteiger partial charge in [0.15, 0.2) is 5.69 Å². The van der Waals surface area contributed by atoms with E-state index >= 15 is 0 Å². The molecule has 94 valence electrons. The molecule has 0 aliphatic rings. The number of carbonyl (C=O) groups excluding carboxylic acids is 1. The lowest BCUT2D eigenvalue weighted by Crippen LogP contribution is -2.23. The molecule has 0 atom stereocenters. The number of Topliss-reactive ketones (excluding diaryl/α,β-unsaturated/α-hetero) is 1. The van der Waals surface area contributed by atoms with Gasteiger partial charge in [-0.1, -0.05) is 5.21 Å². The molecule has 0 amide bonds. The number of alkyl halides is 3. The Morgan fingerprint density at radius 1 is 1.28 bits per heavy atom. The molecule has 2 heterocycles. The highest BCUT2D eigenvalue weighted by Crippen LogP contribution is 2.19. The molecule has 8 heteroatoms. The molecule has 0 bridgehead atoms. The van der Waals surface area contributed by atoms with Gasteiger partial charge in [0, 0.05) is 12.4 Å². The monoisotopic (exact) mass is 256 g/mol. The molecule has 5 nitrogen and oxygen atoms in total. The van der Waals surface area contributed by atoms with Crippen LogP contribution in [0.25, 0.3) is 0 Å². The molecule has 0 aliphatic heterocycles. The summed E-state index contributed by atoms with van der Waals surface area (Å²) < 4.78 is 37.6. The van der Waals surface area contributed by atoms with Crippen LogP contribution in [0, 0.1) is 0 Å². The molecule has 0 aromatic carbocycles. The van der Waals surface area contributed by atoms with E-state index in [0.29, 0.717) is 0 Å². The van der Waals surface area contributed by atoms with E-state index in [1.54, 1.807) is 24.5 Å². The SMILES string of the molecule is O=C(c1cn(Cc2ccncc2)nn1)C(F)(F)F. The van der Waals surface area contributed by atoms with Crippen LogP contribution < -0.4 is 0 Å². The number of ketones is 1. The number of pyridine rings is 1. The van der Waals surface area contributed by atoms with E-state index in [1.165, 1.54) is 0 Å². The summed E-state index contributed by atoms with van der Waals surface area (Å²) in [5.41, 5.74) is 0.0810. The van der Waals surface area contributed by atoms with E-state index in [0.717, 1.165) is 16.4 Å². The van der Waals surface area contributed by atoms with Crippen molar-refractivity contribution in [3.05, 3.63) is 42.0 Å². The zero-order chi connectivity index (χ0) is 13.2. The van der Waals surface area contributed by atoms with Gasteiger partial charge in [-0.25, -0.2) is 4.68 Å². The van der Waals surface area contributed by atoms with Crippen LogP contribution in [-0.2, 0) is 6.54 Å². The highest BCUT2D eigenvalue weighted by Gasteiger charge is 2.41. The number of carbonyl (C=O) groups is 1. The van der Waals surface area contributed by atoms with Crippen LogP contribution in [0.3, 0.4) is 0 Å². The normalized spacial score (nSPS) is 11.5. The fourth-order valence-electron chi connectivity index (χ4n) is 1.30. The van der Waals surface area contributed by atoms with Crippen LogP contribution in [0.4, 0.5) is 13.2 Å². The Morgan fingerprint density at radius 2 is 1.94 bits per heavy atom. The smallest absolute Gasteiger partial charge is 0.282 e. The van der Waals surface area contributed by atoms with Crippen molar-refractivity contribution < 1.29 is 18.0 Å². The van der Waals surface area contributed by atoms with Gasteiger partial charge in [-0.15, -0.1) is 5.10 Å². The number of halogens is 3. The molecule has 0 radical (unpaired) electrons. The van der Waals surface area contributed by atoms with Gasteiger partial charge in [-0.3, -0.25) is 9.78 Å². The minimum Gasteiger partial charge on any atom is -0.282 e. The van der Waals surface area contributed by atoms with Gasteiger partial charge in [0.05, 0.1) is 12.7 Å². The number of nitrogens with zero attached hydrogens (tertiary/aromatic N) is 4. The Hall–Kier alpha value is -2.25. The standard InChI is InChI=1S/C10H7F3N4O/c11-10(12,13)9(18)8-6-17(16-15-8)5-7-1-3-14-4-2-7/h1-4,6H,5H2. The van der Waals surface area contributed by atoms with Crippen LogP contribution in [0.1, 0.15) is 16.1 Å². The maximum absolute atomic E-state index is 12.1. The van der Waals surface area contributed by atoms with Crippen molar-refractivity contribution in [1.82, 2.24) is 20.0 Å². The molecule has 2 rings (SSSR count). The third kappa shape index (κ3) is 2.70. The van der Waals surface area contributed by atoms with Gasteiger partial charge < -0.3 is 0 Å². The second-order valence-electron chi connectivity index (χ2n) is 3.48. The molecular formula is C10H7F3N4O. The first-order valence-electron chi connectivity index (χ1n) is 4.87. The third-order valence-electron chi connectivity index (χ3n) is 2.12. The summed E-state index contributed by atoms with van der Waals surface area (Å²) in [6.07, 6.45) is -0.865. The lowest BCUT2D eigenvalue weighted by molar-refractivity contribution is -0.0888. The molecule has 0 aliphatic carbocycles. The third-order valence-corrected chi connectivity index (χ3v) is 2.12. The van der Waals surface area contributed by atoms with E-state index in [9.17, 15) is 18.0 Å². The van der Waals surface area contributed by atoms with Crippen molar-refractivity contribution in [2.45, 2.75) is 12.7 Å². The van der Waals surface area contributed by atoms with E-state index < -0.39 is 17.7 Å². The Bertz CT molecular complexity index is 550. The zero-order valence-electron chi connectivity index (χ0n) is 8.92. The number of hydrogen-bond donors (Lipinski definition) is 0. The summed E-state index contributed by atoms with van der Waals surface area (Å²) in [4.78, 5) is 14.7. The topological polar surface area (TPSA) is 60.7 Å². The minimum atomic E-state index is -4.93. The van der Waals surface area contributed by atoms with Gasteiger partial charge in [-0.05, 0) is 17.7 Å². The van der Waals surface area contributed by atoms with Crippen molar-refractivity contribution in [3.63, 3.8) is 0 Å². The van der Waals surface area contributed by atoms with Crippen molar-refractivity contribution in [3.8, 4) is 0 Å². The number of rotatable bonds is 3. The highest BCUT2D eigenvalue weighted by atomic mass is 19.4. The summed E-state index contributed by atoms with van der Waals surface area (Å²) in [6, 6.07) is 3.37. The Balaban J connectivity index is 2.14. The Kier molecular flexibility index (Phi) is 3.09. The molecule has 0 N–H and O–H groups in total. The average Bonchev–Trinajstić information content (AvgIpc) is 2.76. The zero-order valence-corrected chi connectivity index (χ0v) is 8.92. The van der Waals surface area contributed by atoms with Crippen LogP contribution in [0.5, 0.6) is 0 Å². The predicted molar refractivity (Wildman–Crippen MR) is 53.7 cm³/mol. The lowest BCUT2D eigenvalue weighted by atomic mass is 10.2. The van der Waals surface area contributed by atoms with Crippen molar-refractivity contribution >= 4 is 5.78 Å². The molecule has 0 saturated carbocycles. The molecular weight excluding hydrogens is 249 g/mol. The highest BCUT2D eigenvalue weighted by molar-refractivity contribution is 5.98. The lowest BCUT2D eigenvalue weighted by Gasteiger charge is -2.00. The van der Waals surface area contributed by atoms with Crippen molar-refractivity contribution in [1.29, 1.82) is 0 Å². The fraction of sp³-hybridized carbons (Fsp3) is 0.200. The van der Waals surface area contributed by atoms with Crippen molar-refractivity contribution in [2.24, 2.45) is 0 Å². The summed E-state index contributed by atoms with van der Waals surface area (Å²) >= 11 is 0. The maximum atomic E-state index is 12.1. The van der Waals surface area contributed by atoms with E-state index in [1.807, 2.05) is 0 Å². The average molecular weight is 256 g/mol. The van der Waals surface area contributed by atoms with Crippen LogP contribution >= 0.6 is 0 Å². The number of aromatic nitrogens is 4. The van der Waals surface area contributed by atoms with Gasteiger partial charge in [0.25, 0.3) is 5.78 Å². The first-order valence-corrected chi connectivity index (χ1v) is 4.87. The first-order chi connectivity index (χ1) is 8.47. The number of hydrogen-bond acceptors (Lipinski definition) is 4. The maximum Gasteiger partial charge on any atom is 0.456 e. The van der Waals surface area contributed by atoms with Gasteiger partial charge in [0.1, 0.15) is 0 Å². The summed E-state index contributed by atoms with van der Waals surface area (Å²) in [5.74, 6) is -2.00. The molecule has 0 unspecified atom stereocenters. The quantitative estimate of drug-likeness (QED) is 0.780. The molecule has 18 heavy (non-hydrogen) atoms. The second-order valence-corrected chi connectivity index (χ2v) is 3.48. The van der Waals surface area contributed by atoms with Crippen LogP contribution in [-0.4, -0.2) is 31.9 Å². The first kappa shape index (κ1) is 12.2. The van der Waals surface area contributed by atoms with Gasteiger partial charge in [0.2, 0.25) is 0 Å². The van der Waals surface area contributed by atoms with Crippen LogP contribution in [0.15, 0.2) is 30.7 Å². The summed E-state index contributed by atoms with van der Waals surface area (Å²) in [7, 11) is 0. The molecule has 0 saturated heterocycles. The van der Waals surface area contributed by atoms with Gasteiger partial charge in [-0.2, -0.15) is 13.2 Å². The molecule has 0 spiro atoms. The van der Waals surface area contributed by atoms with E-state index in [-0.39, 0.29) is 6.54 Å². The van der Waals surface area contributed by atoms with Crippen molar-refractivity contribution in [2.75, 3.05) is 0 Å². The van der Waals surface area contributed by atoms with Crippen LogP contribution in [0.2, 0.25) is 0 Å².